The molecular formula is C11H10N4O. The smallest absolute Gasteiger partial charge is 0.211 e. The molecule has 0 aliphatic carbocycles. The molecule has 0 atom stereocenters. The van der Waals surface area contributed by atoms with Crippen LogP contribution < -0.4 is 10.6 Å². The van der Waals surface area contributed by atoms with Gasteiger partial charge in [0.05, 0.1) is 18.1 Å². The maximum Gasteiger partial charge on any atom is 0.211 e. The minimum Gasteiger partial charge on any atom is -0.354 e. The molecule has 0 unspecified atom stereocenters. The van der Waals surface area contributed by atoms with E-state index in [9.17, 15) is 4.79 Å². The fourth-order valence-electron chi connectivity index (χ4n) is 1.29. The Morgan fingerprint density at radius 2 is 1.94 bits per heavy atom. The molecule has 80 valence electrons. The topological polar surface area (TPSA) is 66.9 Å². The van der Waals surface area contributed by atoms with E-state index in [1.54, 1.807) is 12.4 Å². The molecule has 16 heavy (non-hydrogen) atoms. The van der Waals surface area contributed by atoms with E-state index in [-0.39, 0.29) is 0 Å². The van der Waals surface area contributed by atoms with Gasteiger partial charge in [0, 0.05) is 11.4 Å². The second-order valence-corrected chi connectivity index (χ2v) is 3.10. The van der Waals surface area contributed by atoms with Gasteiger partial charge in [0.15, 0.2) is 0 Å². The lowest BCUT2D eigenvalue weighted by atomic mass is 10.2. The number of anilines is 3. The van der Waals surface area contributed by atoms with Crippen LogP contribution in [0.2, 0.25) is 0 Å². The van der Waals surface area contributed by atoms with E-state index >= 15 is 0 Å². The molecule has 5 heteroatoms. The normalized spacial score (nSPS) is 9.50. The number of nitrogens with one attached hydrogen (secondary N) is 2. The summed E-state index contributed by atoms with van der Waals surface area (Å²) in [4.78, 5) is 10.3. The van der Waals surface area contributed by atoms with Gasteiger partial charge in [-0.25, -0.2) is 0 Å². The molecule has 2 aromatic rings. The molecule has 0 radical (unpaired) electrons. The summed E-state index contributed by atoms with van der Waals surface area (Å²) in [6.07, 6.45) is 3.88. The van der Waals surface area contributed by atoms with Crippen LogP contribution in [-0.2, 0) is 4.79 Å². The van der Waals surface area contributed by atoms with E-state index in [0.717, 1.165) is 17.1 Å². The van der Waals surface area contributed by atoms with Crippen molar-refractivity contribution in [1.29, 1.82) is 0 Å². The largest absolute Gasteiger partial charge is 0.354 e. The number of carbonyl (C=O) groups excluding carboxylic acids is 1. The predicted molar refractivity (Wildman–Crippen MR) is 61.4 cm³/mol. The average Bonchev–Trinajstić information content (AvgIpc) is 2.31. The third kappa shape index (κ3) is 2.54. The Balaban J connectivity index is 2.15. The summed E-state index contributed by atoms with van der Waals surface area (Å²) in [7, 11) is 0. The SMILES string of the molecule is O=CNc1cccc(Nc2ccnnc2)c1. The molecule has 0 fully saturated rings. The van der Waals surface area contributed by atoms with Crippen molar-refractivity contribution in [3.63, 3.8) is 0 Å². The molecule has 2 rings (SSSR count). The van der Waals surface area contributed by atoms with Crippen molar-refractivity contribution in [2.75, 3.05) is 10.6 Å². The molecule has 1 amide bonds. The van der Waals surface area contributed by atoms with Gasteiger partial charge in [-0.15, -0.1) is 0 Å². The zero-order valence-corrected chi connectivity index (χ0v) is 8.42. The summed E-state index contributed by atoms with van der Waals surface area (Å²) in [5, 5.41) is 13.2. The highest BCUT2D eigenvalue weighted by molar-refractivity contribution is 5.74. The summed E-state index contributed by atoms with van der Waals surface area (Å²) in [6.45, 7) is 0. The van der Waals surface area contributed by atoms with Crippen LogP contribution in [0.4, 0.5) is 17.1 Å². The highest BCUT2D eigenvalue weighted by Gasteiger charge is 1.96. The Morgan fingerprint density at radius 3 is 2.69 bits per heavy atom. The van der Waals surface area contributed by atoms with Crippen LogP contribution in [0.5, 0.6) is 0 Å². The lowest BCUT2D eigenvalue weighted by molar-refractivity contribution is -0.105. The second kappa shape index (κ2) is 4.88. The molecule has 0 aliphatic rings. The maximum atomic E-state index is 10.3. The first kappa shape index (κ1) is 10.1. The Bertz CT molecular complexity index is 472. The highest BCUT2D eigenvalue weighted by atomic mass is 16.1. The van der Waals surface area contributed by atoms with E-state index < -0.39 is 0 Å². The lowest BCUT2D eigenvalue weighted by Crippen LogP contribution is -1.96. The number of nitrogens with zero attached hydrogens (tertiary/aromatic N) is 2. The van der Waals surface area contributed by atoms with Gasteiger partial charge in [0.1, 0.15) is 0 Å². The van der Waals surface area contributed by atoms with Crippen LogP contribution in [0.25, 0.3) is 0 Å². The van der Waals surface area contributed by atoms with Crippen LogP contribution in [0, 0.1) is 0 Å². The zero-order valence-electron chi connectivity index (χ0n) is 8.42. The van der Waals surface area contributed by atoms with Crippen LogP contribution in [-0.4, -0.2) is 16.6 Å². The summed E-state index contributed by atoms with van der Waals surface area (Å²) in [6, 6.07) is 9.20. The Morgan fingerprint density at radius 1 is 1.06 bits per heavy atom. The van der Waals surface area contributed by atoms with Gasteiger partial charge in [-0.3, -0.25) is 4.79 Å². The molecule has 1 aromatic heterocycles. The molecule has 5 nitrogen and oxygen atoms in total. The summed E-state index contributed by atoms with van der Waals surface area (Å²) < 4.78 is 0. The lowest BCUT2D eigenvalue weighted by Gasteiger charge is -2.06. The van der Waals surface area contributed by atoms with Crippen LogP contribution in [0.15, 0.2) is 42.7 Å². The predicted octanol–water partition coefficient (Wildman–Crippen LogP) is 1.79. The monoisotopic (exact) mass is 214 g/mol. The Labute approximate surface area is 92.5 Å². The minimum atomic E-state index is 0.646. The van der Waals surface area contributed by atoms with Crippen molar-refractivity contribution < 1.29 is 4.79 Å². The van der Waals surface area contributed by atoms with Gasteiger partial charge in [-0.2, -0.15) is 10.2 Å². The van der Waals surface area contributed by atoms with Gasteiger partial charge >= 0.3 is 0 Å². The molecule has 0 saturated carbocycles. The third-order valence-corrected chi connectivity index (χ3v) is 1.96. The molecule has 0 saturated heterocycles. The number of rotatable bonds is 4. The highest BCUT2D eigenvalue weighted by Crippen LogP contribution is 2.18. The second-order valence-electron chi connectivity index (χ2n) is 3.10. The standard InChI is InChI=1S/C11H10N4O/c16-8-12-9-2-1-3-10(6-9)15-11-4-5-13-14-7-11/h1-8H,(H,12,16)(H,13,15). The van der Waals surface area contributed by atoms with Crippen LogP contribution >= 0.6 is 0 Å². The maximum absolute atomic E-state index is 10.3. The molecule has 1 heterocycles. The van der Waals surface area contributed by atoms with E-state index in [4.69, 9.17) is 0 Å². The number of hydrogen-bond donors (Lipinski definition) is 2. The number of benzene rings is 1. The van der Waals surface area contributed by atoms with Crippen molar-refractivity contribution in [2.24, 2.45) is 0 Å². The summed E-state index contributed by atoms with van der Waals surface area (Å²) in [5.41, 5.74) is 2.46. The van der Waals surface area contributed by atoms with Crippen molar-refractivity contribution in [2.45, 2.75) is 0 Å². The molecule has 2 N–H and O–H groups in total. The molecule has 0 bridgehead atoms. The fraction of sp³-hybridized carbons (Fsp3) is 0. The first-order valence-corrected chi connectivity index (χ1v) is 4.72. The zero-order chi connectivity index (χ0) is 11.2. The molecular weight excluding hydrogens is 204 g/mol. The molecule has 0 aliphatic heterocycles. The Kier molecular flexibility index (Phi) is 3.08. The van der Waals surface area contributed by atoms with Gasteiger partial charge in [0.25, 0.3) is 0 Å². The van der Waals surface area contributed by atoms with Gasteiger partial charge in [-0.1, -0.05) is 6.07 Å². The van der Waals surface area contributed by atoms with Gasteiger partial charge < -0.3 is 10.6 Å². The van der Waals surface area contributed by atoms with E-state index in [0.29, 0.717) is 6.41 Å². The first-order chi connectivity index (χ1) is 7.88. The first-order valence-electron chi connectivity index (χ1n) is 4.72. The summed E-state index contributed by atoms with van der Waals surface area (Å²) >= 11 is 0. The number of aromatic nitrogens is 2. The van der Waals surface area contributed by atoms with Crippen molar-refractivity contribution in [3.05, 3.63) is 42.7 Å². The van der Waals surface area contributed by atoms with Gasteiger partial charge in [0.2, 0.25) is 6.41 Å². The van der Waals surface area contributed by atoms with E-state index in [1.165, 1.54) is 0 Å². The molecule has 1 aromatic carbocycles. The quantitative estimate of drug-likeness (QED) is 0.761. The number of carbonyl (C=O) groups is 1. The fourth-order valence-corrected chi connectivity index (χ4v) is 1.29. The third-order valence-electron chi connectivity index (χ3n) is 1.96. The average molecular weight is 214 g/mol. The number of hydrogen-bond acceptors (Lipinski definition) is 4. The van der Waals surface area contributed by atoms with Crippen LogP contribution in [0.1, 0.15) is 0 Å². The van der Waals surface area contributed by atoms with Gasteiger partial charge in [-0.05, 0) is 24.3 Å². The number of amides is 1. The Hall–Kier alpha value is -2.43. The van der Waals surface area contributed by atoms with Crippen molar-refractivity contribution in [1.82, 2.24) is 10.2 Å². The summed E-state index contributed by atoms with van der Waals surface area (Å²) in [5.74, 6) is 0. The van der Waals surface area contributed by atoms with E-state index in [2.05, 4.69) is 20.8 Å². The minimum absolute atomic E-state index is 0.646. The molecule has 0 spiro atoms. The van der Waals surface area contributed by atoms with Crippen LogP contribution in [0.3, 0.4) is 0 Å². The van der Waals surface area contributed by atoms with Crippen molar-refractivity contribution >= 4 is 23.5 Å². The van der Waals surface area contributed by atoms with E-state index in [1.807, 2.05) is 30.3 Å². The van der Waals surface area contributed by atoms with Crippen molar-refractivity contribution in [3.8, 4) is 0 Å².